The van der Waals surface area contributed by atoms with E-state index in [0.29, 0.717) is 12.5 Å². The Bertz CT molecular complexity index is 921. The van der Waals surface area contributed by atoms with Gasteiger partial charge in [0, 0.05) is 18.3 Å². The van der Waals surface area contributed by atoms with Crippen LogP contribution in [-0.2, 0) is 6.42 Å². The van der Waals surface area contributed by atoms with Crippen molar-refractivity contribution in [3.8, 4) is 11.3 Å². The van der Waals surface area contributed by atoms with Crippen LogP contribution in [0.3, 0.4) is 0 Å². The Morgan fingerprint density at radius 1 is 1.23 bits per heavy atom. The highest BCUT2D eigenvalue weighted by molar-refractivity contribution is 5.95. The number of H-pyrrole nitrogens is 1. The molecule has 4 rings (SSSR count). The van der Waals surface area contributed by atoms with Crippen molar-refractivity contribution in [3.63, 3.8) is 0 Å². The van der Waals surface area contributed by atoms with E-state index < -0.39 is 5.82 Å². The highest BCUT2D eigenvalue weighted by Gasteiger charge is 2.22. The summed E-state index contributed by atoms with van der Waals surface area (Å²) in [7, 11) is 0. The zero-order chi connectivity index (χ0) is 17.9. The molecule has 3 aromatic rings. The highest BCUT2D eigenvalue weighted by atomic mass is 19.1. The van der Waals surface area contributed by atoms with Crippen molar-refractivity contribution in [2.45, 2.75) is 25.2 Å². The fourth-order valence-electron chi connectivity index (χ4n) is 3.68. The van der Waals surface area contributed by atoms with E-state index in [2.05, 4.69) is 39.8 Å². The van der Waals surface area contributed by atoms with Gasteiger partial charge in [-0.15, -0.1) is 0 Å². The van der Waals surface area contributed by atoms with Crippen molar-refractivity contribution in [2.24, 2.45) is 0 Å². The summed E-state index contributed by atoms with van der Waals surface area (Å²) in [6.45, 7) is 0.533. The summed E-state index contributed by atoms with van der Waals surface area (Å²) in [6, 6.07) is 14.8. The van der Waals surface area contributed by atoms with Gasteiger partial charge in [0.05, 0.1) is 11.3 Å². The van der Waals surface area contributed by atoms with Crippen molar-refractivity contribution in [1.29, 1.82) is 0 Å². The number of hydrogen-bond acceptors (Lipinski definition) is 2. The van der Waals surface area contributed by atoms with Gasteiger partial charge in [-0.2, -0.15) is 5.10 Å². The molecule has 1 atom stereocenters. The maximum Gasteiger partial charge on any atom is 0.254 e. The van der Waals surface area contributed by atoms with E-state index in [0.717, 1.165) is 30.5 Å². The predicted octanol–water partition coefficient (Wildman–Crippen LogP) is 4.07. The number of halogens is 1. The molecule has 1 aliphatic rings. The van der Waals surface area contributed by atoms with Gasteiger partial charge >= 0.3 is 0 Å². The lowest BCUT2D eigenvalue weighted by atomic mass is 9.98. The number of rotatable bonds is 5. The number of carbonyl (C=O) groups excluding carboxylic acids is 1. The topological polar surface area (TPSA) is 57.8 Å². The predicted molar refractivity (Wildman–Crippen MR) is 98.4 cm³/mol. The third-order valence-electron chi connectivity index (χ3n) is 5.06. The van der Waals surface area contributed by atoms with Gasteiger partial charge < -0.3 is 5.32 Å². The Morgan fingerprint density at radius 3 is 2.96 bits per heavy atom. The molecule has 1 amide bonds. The van der Waals surface area contributed by atoms with Gasteiger partial charge in [0.1, 0.15) is 5.82 Å². The first-order chi connectivity index (χ1) is 12.7. The van der Waals surface area contributed by atoms with Gasteiger partial charge in [-0.1, -0.05) is 24.3 Å². The molecule has 0 aliphatic heterocycles. The van der Waals surface area contributed by atoms with Gasteiger partial charge in [-0.3, -0.25) is 9.89 Å². The summed E-state index contributed by atoms with van der Waals surface area (Å²) in [5.41, 5.74) is 4.33. The second-order valence-corrected chi connectivity index (χ2v) is 6.64. The van der Waals surface area contributed by atoms with Crippen LogP contribution >= 0.6 is 0 Å². The lowest BCUT2D eigenvalue weighted by Crippen LogP contribution is -2.26. The molecule has 0 fully saturated rings. The molecular formula is C21H20FN3O. The molecule has 2 N–H and O–H groups in total. The quantitative estimate of drug-likeness (QED) is 0.730. The number of carbonyl (C=O) groups is 1. The third-order valence-corrected chi connectivity index (χ3v) is 5.06. The summed E-state index contributed by atoms with van der Waals surface area (Å²) in [5.74, 6) is -0.431. The molecule has 4 nitrogen and oxygen atoms in total. The lowest BCUT2D eigenvalue weighted by Gasteiger charge is -2.13. The molecule has 5 heteroatoms. The average molecular weight is 349 g/mol. The van der Waals surface area contributed by atoms with Crippen molar-refractivity contribution in [2.75, 3.05) is 6.54 Å². The standard InChI is InChI=1S/C21H20FN3O/c22-19-8-7-16(20-10-12-24-25-20)13-18(19)21(26)23-11-9-15-6-5-14-3-1-2-4-17(14)15/h1-4,7-8,10,12-13,15H,5-6,9,11H2,(H,23,26)(H,24,25). The largest absolute Gasteiger partial charge is 0.352 e. The fraction of sp³-hybridized carbons (Fsp3) is 0.238. The van der Waals surface area contributed by atoms with E-state index in [1.807, 2.05) is 0 Å². The van der Waals surface area contributed by atoms with Crippen LogP contribution < -0.4 is 5.32 Å². The molecule has 1 aromatic heterocycles. The van der Waals surface area contributed by atoms with Crippen LogP contribution in [0.1, 0.15) is 40.2 Å². The van der Waals surface area contributed by atoms with Gasteiger partial charge in [-0.05, 0) is 60.6 Å². The van der Waals surface area contributed by atoms with Crippen LogP contribution in [0.5, 0.6) is 0 Å². The molecular weight excluding hydrogens is 329 g/mol. The highest BCUT2D eigenvalue weighted by Crippen LogP contribution is 2.34. The number of amides is 1. The molecule has 0 saturated carbocycles. The summed E-state index contributed by atoms with van der Waals surface area (Å²) < 4.78 is 14.1. The second-order valence-electron chi connectivity index (χ2n) is 6.64. The monoisotopic (exact) mass is 349 g/mol. The molecule has 1 aliphatic carbocycles. The Hall–Kier alpha value is -2.95. The Kier molecular flexibility index (Phi) is 4.52. The van der Waals surface area contributed by atoms with E-state index >= 15 is 0 Å². The minimum Gasteiger partial charge on any atom is -0.352 e. The number of aromatic amines is 1. The number of aromatic nitrogens is 2. The maximum atomic E-state index is 14.1. The molecule has 2 aromatic carbocycles. The summed E-state index contributed by atoms with van der Waals surface area (Å²) in [4.78, 5) is 12.4. The van der Waals surface area contributed by atoms with Crippen LogP contribution in [0, 0.1) is 5.82 Å². The zero-order valence-electron chi connectivity index (χ0n) is 14.3. The number of aryl methyl sites for hydroxylation is 1. The van der Waals surface area contributed by atoms with Crippen molar-refractivity contribution in [3.05, 3.63) is 77.2 Å². The van der Waals surface area contributed by atoms with Crippen molar-refractivity contribution in [1.82, 2.24) is 15.5 Å². The summed E-state index contributed by atoms with van der Waals surface area (Å²) in [6.07, 6.45) is 4.69. The number of nitrogens with zero attached hydrogens (tertiary/aromatic N) is 1. The average Bonchev–Trinajstić information content (AvgIpc) is 3.32. The van der Waals surface area contributed by atoms with Crippen LogP contribution in [-0.4, -0.2) is 22.6 Å². The summed E-state index contributed by atoms with van der Waals surface area (Å²) in [5, 5.41) is 9.58. The smallest absolute Gasteiger partial charge is 0.254 e. The van der Waals surface area contributed by atoms with Gasteiger partial charge in [-0.25, -0.2) is 4.39 Å². The van der Waals surface area contributed by atoms with Gasteiger partial charge in [0.25, 0.3) is 5.91 Å². The Morgan fingerprint density at radius 2 is 2.12 bits per heavy atom. The third kappa shape index (κ3) is 3.25. The van der Waals surface area contributed by atoms with Gasteiger partial charge in [0.15, 0.2) is 0 Å². The molecule has 1 heterocycles. The van der Waals surface area contributed by atoms with Crippen LogP contribution in [0.25, 0.3) is 11.3 Å². The first kappa shape index (κ1) is 16.5. The van der Waals surface area contributed by atoms with E-state index in [1.54, 1.807) is 24.4 Å². The van der Waals surface area contributed by atoms with E-state index in [-0.39, 0.29) is 11.5 Å². The normalized spacial score (nSPS) is 15.7. The van der Waals surface area contributed by atoms with Crippen LogP contribution in [0.2, 0.25) is 0 Å². The van der Waals surface area contributed by atoms with E-state index in [1.165, 1.54) is 17.2 Å². The van der Waals surface area contributed by atoms with Crippen molar-refractivity contribution >= 4 is 5.91 Å². The first-order valence-corrected chi connectivity index (χ1v) is 8.87. The molecule has 1 unspecified atom stereocenters. The summed E-state index contributed by atoms with van der Waals surface area (Å²) >= 11 is 0. The first-order valence-electron chi connectivity index (χ1n) is 8.87. The zero-order valence-corrected chi connectivity index (χ0v) is 14.3. The number of fused-ring (bicyclic) bond motifs is 1. The van der Waals surface area contributed by atoms with E-state index in [9.17, 15) is 9.18 Å². The Balaban J connectivity index is 1.40. The van der Waals surface area contributed by atoms with E-state index in [4.69, 9.17) is 0 Å². The maximum absolute atomic E-state index is 14.1. The molecule has 0 radical (unpaired) electrons. The minimum absolute atomic E-state index is 0.0592. The van der Waals surface area contributed by atoms with Gasteiger partial charge in [0.2, 0.25) is 0 Å². The lowest BCUT2D eigenvalue weighted by molar-refractivity contribution is 0.0948. The minimum atomic E-state index is -0.517. The molecule has 0 bridgehead atoms. The fourth-order valence-corrected chi connectivity index (χ4v) is 3.68. The SMILES string of the molecule is O=C(NCCC1CCc2ccccc21)c1cc(-c2ccn[nH]2)ccc1F. The molecule has 26 heavy (non-hydrogen) atoms. The molecule has 132 valence electrons. The second kappa shape index (κ2) is 7.12. The number of hydrogen-bond donors (Lipinski definition) is 2. The van der Waals surface area contributed by atoms with Crippen LogP contribution in [0.4, 0.5) is 4.39 Å². The number of benzene rings is 2. The van der Waals surface area contributed by atoms with Crippen molar-refractivity contribution < 1.29 is 9.18 Å². The number of nitrogens with one attached hydrogen (secondary N) is 2. The van der Waals surface area contributed by atoms with Crippen LogP contribution in [0.15, 0.2) is 54.7 Å². The Labute approximate surface area is 151 Å². The molecule has 0 spiro atoms. The molecule has 0 saturated heterocycles.